The Balaban J connectivity index is 2.50. The van der Waals surface area contributed by atoms with Crippen molar-refractivity contribution in [3.05, 3.63) is 22.2 Å². The first kappa shape index (κ1) is 11.5. The molecule has 0 N–H and O–H groups in total. The van der Waals surface area contributed by atoms with E-state index in [1.54, 1.807) is 11.9 Å². The van der Waals surface area contributed by atoms with Crippen LogP contribution >= 0.6 is 15.9 Å². The normalized spacial score (nSPS) is 19.4. The van der Waals surface area contributed by atoms with Crippen LogP contribution in [-0.2, 0) is 4.79 Å². The predicted molar refractivity (Wildman–Crippen MR) is 67.0 cm³/mol. The number of benzene rings is 1. The molecule has 1 aromatic carbocycles. The lowest BCUT2D eigenvalue weighted by Gasteiger charge is -2.32. The summed E-state index contributed by atoms with van der Waals surface area (Å²) in [5.74, 6) is 0.795. The largest absolute Gasteiger partial charge is 0.478 e. The van der Waals surface area contributed by atoms with Gasteiger partial charge in [-0.15, -0.1) is 0 Å². The molecule has 0 aliphatic carbocycles. The number of rotatable bonds is 1. The Hall–Kier alpha value is -1.03. The number of carbonyl (C=O) groups excluding carboxylic acids is 1. The van der Waals surface area contributed by atoms with Crippen LogP contribution in [0.5, 0.6) is 5.75 Å². The molecule has 0 saturated carbocycles. The van der Waals surface area contributed by atoms with E-state index in [1.165, 1.54) is 0 Å². The van der Waals surface area contributed by atoms with Crippen molar-refractivity contribution < 1.29 is 9.53 Å². The summed E-state index contributed by atoms with van der Waals surface area (Å²) in [5, 5.41) is 0. The summed E-state index contributed by atoms with van der Waals surface area (Å²) in [6.45, 7) is 3.94. The second-order valence-corrected chi connectivity index (χ2v) is 4.84. The lowest BCUT2D eigenvalue weighted by atomic mass is 10.1. The van der Waals surface area contributed by atoms with Crippen LogP contribution in [0.3, 0.4) is 0 Å². The maximum absolute atomic E-state index is 11.9. The molecule has 2 rings (SSSR count). The Morgan fingerprint density at radius 2 is 2.19 bits per heavy atom. The minimum Gasteiger partial charge on any atom is -0.478 e. The second-order valence-electron chi connectivity index (χ2n) is 3.98. The number of ether oxygens (including phenoxy) is 1. The van der Waals surface area contributed by atoms with Gasteiger partial charge in [0.05, 0.1) is 5.69 Å². The summed E-state index contributed by atoms with van der Waals surface area (Å²) < 4.78 is 6.68. The monoisotopic (exact) mass is 283 g/mol. The van der Waals surface area contributed by atoms with E-state index in [9.17, 15) is 4.79 Å². The van der Waals surface area contributed by atoms with E-state index in [1.807, 2.05) is 26.0 Å². The fraction of sp³-hybridized carbons (Fsp3) is 0.417. The van der Waals surface area contributed by atoms with Crippen molar-refractivity contribution in [3.8, 4) is 5.75 Å². The summed E-state index contributed by atoms with van der Waals surface area (Å²) in [6, 6.07) is 3.89. The number of carbonyl (C=O) groups is 1. The number of hydrogen-bond acceptors (Lipinski definition) is 2. The van der Waals surface area contributed by atoms with Crippen molar-refractivity contribution in [1.29, 1.82) is 0 Å². The highest BCUT2D eigenvalue weighted by Gasteiger charge is 2.31. The molecule has 1 aromatic rings. The Bertz CT molecular complexity index is 445. The van der Waals surface area contributed by atoms with Gasteiger partial charge >= 0.3 is 0 Å². The van der Waals surface area contributed by atoms with Gasteiger partial charge in [0.1, 0.15) is 5.75 Å². The summed E-state index contributed by atoms with van der Waals surface area (Å²) in [7, 11) is 1.79. The molecule has 1 amide bonds. The fourth-order valence-electron chi connectivity index (χ4n) is 1.80. The van der Waals surface area contributed by atoms with Crippen LogP contribution in [0.25, 0.3) is 0 Å². The highest BCUT2D eigenvalue weighted by molar-refractivity contribution is 9.10. The fourth-order valence-corrected chi connectivity index (χ4v) is 2.12. The average molecular weight is 284 g/mol. The van der Waals surface area contributed by atoms with Crippen LogP contribution in [0.15, 0.2) is 16.6 Å². The molecule has 0 saturated heterocycles. The first-order chi connectivity index (χ1) is 7.54. The van der Waals surface area contributed by atoms with Crippen molar-refractivity contribution in [2.45, 2.75) is 26.4 Å². The molecular formula is C12H14BrNO2. The van der Waals surface area contributed by atoms with Gasteiger partial charge in [-0.2, -0.15) is 0 Å². The van der Waals surface area contributed by atoms with Gasteiger partial charge in [-0.25, -0.2) is 0 Å². The molecule has 0 aromatic heterocycles. The van der Waals surface area contributed by atoms with E-state index in [0.29, 0.717) is 6.42 Å². The SMILES string of the molecule is CCC1Oc2cc(Br)c(C)cc2N(C)C1=O. The number of likely N-dealkylation sites (N-methyl/N-ethyl adjacent to an activating group) is 1. The van der Waals surface area contributed by atoms with Gasteiger partial charge in [-0.3, -0.25) is 4.79 Å². The molecule has 1 aliphatic rings. The molecular weight excluding hydrogens is 270 g/mol. The molecule has 86 valence electrons. The molecule has 1 atom stereocenters. The number of nitrogens with zero attached hydrogens (tertiary/aromatic N) is 1. The van der Waals surface area contributed by atoms with Crippen LogP contribution in [0.4, 0.5) is 5.69 Å². The minimum atomic E-state index is -0.355. The molecule has 0 spiro atoms. The van der Waals surface area contributed by atoms with Crippen LogP contribution in [-0.4, -0.2) is 19.1 Å². The van der Waals surface area contributed by atoms with Gasteiger partial charge in [-0.05, 0) is 31.0 Å². The smallest absolute Gasteiger partial charge is 0.267 e. The zero-order valence-electron chi connectivity index (χ0n) is 9.58. The summed E-state index contributed by atoms with van der Waals surface area (Å²) in [6.07, 6.45) is 0.334. The molecule has 0 bridgehead atoms. The van der Waals surface area contributed by atoms with Crippen molar-refractivity contribution in [3.63, 3.8) is 0 Å². The van der Waals surface area contributed by atoms with Gasteiger partial charge < -0.3 is 9.64 Å². The minimum absolute atomic E-state index is 0.0247. The molecule has 1 unspecified atom stereocenters. The lowest BCUT2D eigenvalue weighted by molar-refractivity contribution is -0.126. The quantitative estimate of drug-likeness (QED) is 0.793. The molecule has 1 aliphatic heterocycles. The van der Waals surface area contributed by atoms with E-state index in [4.69, 9.17) is 4.74 Å². The number of anilines is 1. The third-order valence-corrected chi connectivity index (χ3v) is 3.70. The molecule has 16 heavy (non-hydrogen) atoms. The van der Waals surface area contributed by atoms with Gasteiger partial charge in [-0.1, -0.05) is 22.9 Å². The van der Waals surface area contributed by atoms with E-state index < -0.39 is 0 Å². The van der Waals surface area contributed by atoms with Gasteiger partial charge in [0.2, 0.25) is 0 Å². The maximum Gasteiger partial charge on any atom is 0.267 e. The molecule has 0 radical (unpaired) electrons. The van der Waals surface area contributed by atoms with E-state index in [0.717, 1.165) is 21.5 Å². The van der Waals surface area contributed by atoms with Crippen molar-refractivity contribution in [2.75, 3.05) is 11.9 Å². The molecule has 3 nitrogen and oxygen atoms in total. The van der Waals surface area contributed by atoms with Crippen molar-refractivity contribution in [1.82, 2.24) is 0 Å². The van der Waals surface area contributed by atoms with E-state index in [-0.39, 0.29) is 12.0 Å². The highest BCUT2D eigenvalue weighted by Crippen LogP contribution is 2.37. The summed E-state index contributed by atoms with van der Waals surface area (Å²) in [5.41, 5.74) is 1.94. The zero-order valence-corrected chi connectivity index (χ0v) is 11.2. The third-order valence-electron chi connectivity index (χ3n) is 2.85. The topological polar surface area (TPSA) is 29.5 Å². The second kappa shape index (κ2) is 4.09. The Morgan fingerprint density at radius 3 is 2.81 bits per heavy atom. The van der Waals surface area contributed by atoms with Crippen molar-refractivity contribution in [2.24, 2.45) is 0 Å². The van der Waals surface area contributed by atoms with Gasteiger partial charge in [0.25, 0.3) is 5.91 Å². The Morgan fingerprint density at radius 1 is 1.50 bits per heavy atom. The summed E-state index contributed by atoms with van der Waals surface area (Å²) >= 11 is 3.47. The van der Waals surface area contributed by atoms with Gasteiger partial charge in [0, 0.05) is 11.5 Å². The van der Waals surface area contributed by atoms with Crippen LogP contribution in [0, 0.1) is 6.92 Å². The molecule has 1 heterocycles. The standard InChI is InChI=1S/C12H14BrNO2/c1-4-10-12(15)14(3)9-5-7(2)8(13)6-11(9)16-10/h5-6,10H,4H2,1-3H3. The average Bonchev–Trinajstić information content (AvgIpc) is 2.26. The number of fused-ring (bicyclic) bond motifs is 1. The van der Waals surface area contributed by atoms with E-state index >= 15 is 0 Å². The number of amides is 1. The first-order valence-corrected chi connectivity index (χ1v) is 6.08. The summed E-state index contributed by atoms with van der Waals surface area (Å²) in [4.78, 5) is 13.6. The number of halogens is 1. The van der Waals surface area contributed by atoms with Crippen LogP contribution < -0.4 is 9.64 Å². The maximum atomic E-state index is 11.9. The first-order valence-electron chi connectivity index (χ1n) is 5.29. The van der Waals surface area contributed by atoms with Crippen LogP contribution in [0.1, 0.15) is 18.9 Å². The number of hydrogen-bond donors (Lipinski definition) is 0. The highest BCUT2D eigenvalue weighted by atomic mass is 79.9. The van der Waals surface area contributed by atoms with E-state index in [2.05, 4.69) is 15.9 Å². The third kappa shape index (κ3) is 1.71. The van der Waals surface area contributed by atoms with Crippen molar-refractivity contribution >= 4 is 27.5 Å². The predicted octanol–water partition coefficient (Wildman–Crippen LogP) is 2.89. The van der Waals surface area contributed by atoms with Crippen LogP contribution in [0.2, 0.25) is 0 Å². The molecule has 0 fully saturated rings. The Labute approximate surface area is 104 Å². The zero-order chi connectivity index (χ0) is 11.9. The Kier molecular flexibility index (Phi) is 2.93. The lowest BCUT2D eigenvalue weighted by Crippen LogP contribution is -2.43. The van der Waals surface area contributed by atoms with Gasteiger partial charge in [0.15, 0.2) is 6.10 Å². The molecule has 4 heteroatoms. The number of aryl methyl sites for hydroxylation is 1.